The molecule has 0 radical (unpaired) electrons. The van der Waals surface area contributed by atoms with E-state index >= 15 is 0 Å². The van der Waals surface area contributed by atoms with Crippen LogP contribution in [0.3, 0.4) is 0 Å². The molecule has 0 N–H and O–H groups in total. The van der Waals surface area contributed by atoms with E-state index < -0.39 is 0 Å². The molecular weight excluding hydrogens is 239 g/mol. The maximum absolute atomic E-state index is 13.3. The van der Waals surface area contributed by atoms with Crippen LogP contribution in [0.2, 0.25) is 0 Å². The Morgan fingerprint density at radius 3 is 2.11 bits per heavy atom. The zero-order chi connectivity index (χ0) is 14.0. The van der Waals surface area contributed by atoms with E-state index in [1.54, 1.807) is 6.07 Å². The molecule has 19 heavy (non-hydrogen) atoms. The highest BCUT2D eigenvalue weighted by atomic mass is 19.1. The minimum atomic E-state index is -0.279. The first kappa shape index (κ1) is 13.6. The SMILES string of the molecule is Cc1ccc(F)cc1Oc1cc(C(C)C)ccc1C. The van der Waals surface area contributed by atoms with Crippen molar-refractivity contribution in [3.63, 3.8) is 0 Å². The van der Waals surface area contributed by atoms with Gasteiger partial charge in [-0.1, -0.05) is 32.0 Å². The average molecular weight is 258 g/mol. The fraction of sp³-hybridized carbons (Fsp3) is 0.294. The van der Waals surface area contributed by atoms with Gasteiger partial charge in [0.15, 0.2) is 0 Å². The Balaban J connectivity index is 2.37. The van der Waals surface area contributed by atoms with Gasteiger partial charge in [0, 0.05) is 6.07 Å². The molecule has 0 aliphatic carbocycles. The monoisotopic (exact) mass is 258 g/mol. The summed E-state index contributed by atoms with van der Waals surface area (Å²) in [6, 6.07) is 10.8. The van der Waals surface area contributed by atoms with Crippen LogP contribution < -0.4 is 4.74 Å². The minimum Gasteiger partial charge on any atom is -0.457 e. The lowest BCUT2D eigenvalue weighted by atomic mass is 10.0. The van der Waals surface area contributed by atoms with Gasteiger partial charge in [-0.3, -0.25) is 0 Å². The van der Waals surface area contributed by atoms with Crippen LogP contribution in [0, 0.1) is 19.7 Å². The van der Waals surface area contributed by atoms with Gasteiger partial charge in [-0.2, -0.15) is 0 Å². The van der Waals surface area contributed by atoms with Gasteiger partial charge in [0.2, 0.25) is 0 Å². The van der Waals surface area contributed by atoms with Crippen molar-refractivity contribution in [3.8, 4) is 11.5 Å². The molecule has 0 amide bonds. The molecule has 100 valence electrons. The minimum absolute atomic E-state index is 0.279. The van der Waals surface area contributed by atoms with Crippen molar-refractivity contribution in [1.82, 2.24) is 0 Å². The highest BCUT2D eigenvalue weighted by Gasteiger charge is 2.08. The second kappa shape index (κ2) is 5.43. The molecule has 0 saturated heterocycles. The third-order valence-electron chi connectivity index (χ3n) is 3.25. The van der Waals surface area contributed by atoms with E-state index in [1.165, 1.54) is 17.7 Å². The van der Waals surface area contributed by atoms with Gasteiger partial charge in [-0.15, -0.1) is 0 Å². The molecule has 0 bridgehead atoms. The number of halogens is 1. The molecule has 2 aromatic rings. The van der Waals surface area contributed by atoms with Gasteiger partial charge in [0.1, 0.15) is 17.3 Å². The fourth-order valence-corrected chi connectivity index (χ4v) is 1.89. The molecule has 2 rings (SSSR count). The standard InChI is InChI=1S/C17H19FO/c1-11(2)14-7-5-12(3)16(9-14)19-17-10-15(18)8-6-13(17)4/h5-11H,1-4H3. The van der Waals surface area contributed by atoms with Crippen molar-refractivity contribution in [3.05, 3.63) is 58.9 Å². The lowest BCUT2D eigenvalue weighted by Gasteiger charge is -2.14. The molecule has 0 unspecified atom stereocenters. The Labute approximate surface area is 114 Å². The van der Waals surface area contributed by atoms with E-state index in [4.69, 9.17) is 4.74 Å². The summed E-state index contributed by atoms with van der Waals surface area (Å²) in [7, 11) is 0. The van der Waals surface area contributed by atoms with E-state index in [0.29, 0.717) is 11.7 Å². The summed E-state index contributed by atoms with van der Waals surface area (Å²) < 4.78 is 19.1. The van der Waals surface area contributed by atoms with Crippen LogP contribution in [0.25, 0.3) is 0 Å². The maximum atomic E-state index is 13.3. The van der Waals surface area contributed by atoms with Crippen LogP contribution in [0.4, 0.5) is 4.39 Å². The van der Waals surface area contributed by atoms with Crippen molar-refractivity contribution in [2.45, 2.75) is 33.6 Å². The van der Waals surface area contributed by atoms with Crippen molar-refractivity contribution in [1.29, 1.82) is 0 Å². The first-order chi connectivity index (χ1) is 8.97. The molecule has 0 atom stereocenters. The van der Waals surface area contributed by atoms with Gasteiger partial charge < -0.3 is 4.74 Å². The maximum Gasteiger partial charge on any atom is 0.133 e. The Morgan fingerprint density at radius 2 is 1.47 bits per heavy atom. The van der Waals surface area contributed by atoms with E-state index in [9.17, 15) is 4.39 Å². The summed E-state index contributed by atoms with van der Waals surface area (Å²) >= 11 is 0. The highest BCUT2D eigenvalue weighted by molar-refractivity contribution is 5.43. The van der Waals surface area contributed by atoms with E-state index in [1.807, 2.05) is 26.0 Å². The Kier molecular flexibility index (Phi) is 3.89. The largest absolute Gasteiger partial charge is 0.457 e. The summed E-state index contributed by atoms with van der Waals surface area (Å²) in [5.74, 6) is 1.53. The van der Waals surface area contributed by atoms with E-state index in [2.05, 4.69) is 19.9 Å². The van der Waals surface area contributed by atoms with Gasteiger partial charge in [-0.05, 0) is 48.6 Å². The predicted molar refractivity (Wildman–Crippen MR) is 76.5 cm³/mol. The number of hydrogen-bond donors (Lipinski definition) is 0. The molecular formula is C17H19FO. The number of hydrogen-bond acceptors (Lipinski definition) is 1. The number of benzene rings is 2. The van der Waals surface area contributed by atoms with Crippen molar-refractivity contribution < 1.29 is 9.13 Å². The quantitative estimate of drug-likeness (QED) is 0.720. The molecule has 0 aliphatic heterocycles. The zero-order valence-corrected chi connectivity index (χ0v) is 11.8. The van der Waals surface area contributed by atoms with Crippen molar-refractivity contribution in [2.75, 3.05) is 0 Å². The van der Waals surface area contributed by atoms with Crippen molar-refractivity contribution in [2.24, 2.45) is 0 Å². The molecule has 0 fully saturated rings. The topological polar surface area (TPSA) is 9.23 Å². The summed E-state index contributed by atoms with van der Waals surface area (Å²) in [6.07, 6.45) is 0. The molecule has 0 spiro atoms. The number of ether oxygens (including phenoxy) is 1. The zero-order valence-electron chi connectivity index (χ0n) is 11.8. The Hall–Kier alpha value is -1.83. The van der Waals surface area contributed by atoms with Gasteiger partial charge in [0.25, 0.3) is 0 Å². The molecule has 2 aromatic carbocycles. The first-order valence-corrected chi connectivity index (χ1v) is 6.52. The third kappa shape index (κ3) is 3.14. The molecule has 2 heteroatoms. The summed E-state index contributed by atoms with van der Waals surface area (Å²) in [6.45, 7) is 8.19. The number of aryl methyl sites for hydroxylation is 2. The van der Waals surface area contributed by atoms with Crippen LogP contribution in [0.15, 0.2) is 36.4 Å². The van der Waals surface area contributed by atoms with E-state index in [0.717, 1.165) is 16.9 Å². The lowest BCUT2D eigenvalue weighted by molar-refractivity contribution is 0.468. The first-order valence-electron chi connectivity index (χ1n) is 6.52. The van der Waals surface area contributed by atoms with Gasteiger partial charge in [0.05, 0.1) is 0 Å². The molecule has 1 nitrogen and oxygen atoms in total. The van der Waals surface area contributed by atoms with Crippen LogP contribution in [-0.4, -0.2) is 0 Å². The molecule has 0 aliphatic rings. The van der Waals surface area contributed by atoms with Crippen LogP contribution in [-0.2, 0) is 0 Å². The predicted octanol–water partition coefficient (Wildman–Crippen LogP) is 5.36. The van der Waals surface area contributed by atoms with Gasteiger partial charge >= 0.3 is 0 Å². The number of rotatable bonds is 3. The second-order valence-corrected chi connectivity index (χ2v) is 5.19. The molecule has 0 heterocycles. The fourth-order valence-electron chi connectivity index (χ4n) is 1.89. The second-order valence-electron chi connectivity index (χ2n) is 5.19. The van der Waals surface area contributed by atoms with Crippen LogP contribution >= 0.6 is 0 Å². The molecule has 0 aromatic heterocycles. The van der Waals surface area contributed by atoms with Gasteiger partial charge in [-0.25, -0.2) is 4.39 Å². The molecule has 0 saturated carbocycles. The Morgan fingerprint density at radius 1 is 0.895 bits per heavy atom. The van der Waals surface area contributed by atoms with Crippen LogP contribution in [0.1, 0.15) is 36.5 Å². The summed E-state index contributed by atoms with van der Waals surface area (Å²) in [5, 5.41) is 0. The van der Waals surface area contributed by atoms with Crippen LogP contribution in [0.5, 0.6) is 11.5 Å². The third-order valence-corrected chi connectivity index (χ3v) is 3.25. The highest BCUT2D eigenvalue weighted by Crippen LogP contribution is 2.30. The summed E-state index contributed by atoms with van der Waals surface area (Å²) in [4.78, 5) is 0. The van der Waals surface area contributed by atoms with Crippen molar-refractivity contribution >= 4 is 0 Å². The Bertz CT molecular complexity index is 588. The van der Waals surface area contributed by atoms with E-state index in [-0.39, 0.29) is 5.82 Å². The normalized spacial score (nSPS) is 10.8. The summed E-state index contributed by atoms with van der Waals surface area (Å²) in [5.41, 5.74) is 3.19. The smallest absolute Gasteiger partial charge is 0.133 e. The average Bonchev–Trinajstić information content (AvgIpc) is 2.36. The lowest BCUT2D eigenvalue weighted by Crippen LogP contribution is -1.94.